The van der Waals surface area contributed by atoms with Crippen LogP contribution < -0.4 is 10.6 Å². The van der Waals surface area contributed by atoms with E-state index in [0.717, 1.165) is 34.2 Å². The molecule has 8 heteroatoms. The number of anilines is 3. The van der Waals surface area contributed by atoms with Crippen molar-refractivity contribution in [1.29, 1.82) is 0 Å². The molecule has 29 heavy (non-hydrogen) atoms. The summed E-state index contributed by atoms with van der Waals surface area (Å²) in [6.07, 6.45) is 3.40. The minimum atomic E-state index is -0.907. The summed E-state index contributed by atoms with van der Waals surface area (Å²) in [5, 5.41) is 8.30. The van der Waals surface area contributed by atoms with Gasteiger partial charge in [0.05, 0.1) is 17.6 Å². The van der Waals surface area contributed by atoms with Crippen LogP contribution in [0.1, 0.15) is 10.4 Å². The number of pyridine rings is 1. The lowest BCUT2D eigenvalue weighted by molar-refractivity contribution is 0.101. The van der Waals surface area contributed by atoms with Crippen LogP contribution in [0.15, 0.2) is 72.4 Å². The van der Waals surface area contributed by atoms with Crippen molar-refractivity contribution in [3.05, 3.63) is 89.6 Å². The van der Waals surface area contributed by atoms with Crippen molar-refractivity contribution in [2.45, 2.75) is 0 Å². The van der Waals surface area contributed by atoms with E-state index < -0.39 is 23.1 Å². The zero-order valence-electron chi connectivity index (χ0n) is 14.9. The molecule has 2 N–H and O–H groups in total. The number of benzene rings is 2. The Labute approximate surface area is 169 Å². The van der Waals surface area contributed by atoms with Crippen molar-refractivity contribution in [1.82, 2.24) is 9.97 Å². The number of thiazole rings is 1. The standard InChI is InChI=1S/C21H14F2N4OS/c22-16-4-1-5-17(23)19(16)20(28)25-14-8-6-13(7-9-14)18-12-29-21(27-18)26-15-3-2-10-24-11-15/h1-12H,(H,25,28)(H,26,27). The predicted octanol–water partition coefficient (Wildman–Crippen LogP) is 5.48. The van der Waals surface area contributed by atoms with Gasteiger partial charge in [0.1, 0.15) is 17.2 Å². The van der Waals surface area contributed by atoms with Crippen molar-refractivity contribution >= 4 is 33.8 Å². The highest BCUT2D eigenvalue weighted by atomic mass is 32.1. The highest BCUT2D eigenvalue weighted by Crippen LogP contribution is 2.28. The number of carbonyl (C=O) groups excluding carboxylic acids is 1. The summed E-state index contributed by atoms with van der Waals surface area (Å²) in [5.74, 6) is -2.66. The number of carbonyl (C=O) groups is 1. The molecule has 2 aromatic carbocycles. The van der Waals surface area contributed by atoms with Crippen molar-refractivity contribution in [2.24, 2.45) is 0 Å². The normalized spacial score (nSPS) is 10.6. The fraction of sp³-hybridized carbons (Fsp3) is 0. The van der Waals surface area contributed by atoms with Crippen molar-refractivity contribution in [3.63, 3.8) is 0 Å². The molecule has 0 fully saturated rings. The lowest BCUT2D eigenvalue weighted by Crippen LogP contribution is -2.15. The second-order valence-corrected chi connectivity index (χ2v) is 6.89. The van der Waals surface area contributed by atoms with Crippen LogP contribution >= 0.6 is 11.3 Å². The molecule has 0 aliphatic heterocycles. The molecule has 1 amide bonds. The smallest absolute Gasteiger partial charge is 0.261 e. The third-order valence-electron chi connectivity index (χ3n) is 4.05. The van der Waals surface area contributed by atoms with Crippen LogP contribution in [0.4, 0.5) is 25.3 Å². The van der Waals surface area contributed by atoms with Gasteiger partial charge in [0, 0.05) is 22.8 Å². The fourth-order valence-corrected chi connectivity index (χ4v) is 3.40. The van der Waals surface area contributed by atoms with Crippen molar-refractivity contribution in [3.8, 4) is 11.3 Å². The summed E-state index contributed by atoms with van der Waals surface area (Å²) >= 11 is 1.45. The van der Waals surface area contributed by atoms with Gasteiger partial charge in [-0.1, -0.05) is 18.2 Å². The molecule has 4 rings (SSSR count). The van der Waals surface area contributed by atoms with Crippen LogP contribution in [0.2, 0.25) is 0 Å². The molecule has 0 radical (unpaired) electrons. The van der Waals surface area contributed by atoms with Crippen LogP contribution in [0.5, 0.6) is 0 Å². The number of nitrogens with zero attached hydrogens (tertiary/aromatic N) is 2. The monoisotopic (exact) mass is 408 g/mol. The van der Waals surface area contributed by atoms with E-state index in [-0.39, 0.29) is 0 Å². The number of nitrogens with one attached hydrogen (secondary N) is 2. The van der Waals surface area contributed by atoms with E-state index in [1.807, 2.05) is 17.5 Å². The maximum absolute atomic E-state index is 13.7. The molecule has 4 aromatic rings. The number of amides is 1. The van der Waals surface area contributed by atoms with E-state index in [2.05, 4.69) is 20.6 Å². The van der Waals surface area contributed by atoms with E-state index in [9.17, 15) is 13.6 Å². The summed E-state index contributed by atoms with van der Waals surface area (Å²) in [7, 11) is 0. The fourth-order valence-electron chi connectivity index (χ4n) is 2.66. The number of rotatable bonds is 5. The van der Waals surface area contributed by atoms with Crippen molar-refractivity contribution < 1.29 is 13.6 Å². The Balaban J connectivity index is 1.46. The first-order valence-electron chi connectivity index (χ1n) is 8.58. The minimum absolute atomic E-state index is 0.422. The van der Waals surface area contributed by atoms with E-state index in [1.165, 1.54) is 17.4 Å². The third-order valence-corrected chi connectivity index (χ3v) is 4.80. The Hall–Kier alpha value is -3.65. The van der Waals surface area contributed by atoms with E-state index >= 15 is 0 Å². The molecule has 0 aliphatic carbocycles. The second kappa shape index (κ2) is 8.15. The Morgan fingerprint density at radius 2 is 1.69 bits per heavy atom. The summed E-state index contributed by atoms with van der Waals surface area (Å²) in [6.45, 7) is 0. The van der Waals surface area contributed by atoms with Gasteiger partial charge in [-0.2, -0.15) is 0 Å². The van der Waals surface area contributed by atoms with Gasteiger partial charge in [0.15, 0.2) is 5.13 Å². The molecule has 0 bridgehead atoms. The maximum Gasteiger partial charge on any atom is 0.261 e. The predicted molar refractivity (Wildman–Crippen MR) is 109 cm³/mol. The largest absolute Gasteiger partial charge is 0.330 e. The SMILES string of the molecule is O=C(Nc1ccc(-c2csc(Nc3cccnc3)n2)cc1)c1c(F)cccc1F. The van der Waals surface area contributed by atoms with E-state index in [0.29, 0.717) is 5.69 Å². The summed E-state index contributed by atoms with van der Waals surface area (Å²) in [5.41, 5.74) is 2.26. The van der Waals surface area contributed by atoms with E-state index in [1.54, 1.807) is 36.7 Å². The first kappa shape index (κ1) is 18.7. The molecular weight excluding hydrogens is 394 g/mol. The Morgan fingerprint density at radius 1 is 0.931 bits per heavy atom. The Morgan fingerprint density at radius 3 is 2.38 bits per heavy atom. The molecule has 0 saturated carbocycles. The quantitative estimate of drug-likeness (QED) is 0.459. The number of halogens is 2. The van der Waals surface area contributed by atoms with Gasteiger partial charge in [-0.15, -0.1) is 11.3 Å². The molecule has 2 aromatic heterocycles. The van der Waals surface area contributed by atoms with Crippen LogP contribution in [-0.4, -0.2) is 15.9 Å². The number of hydrogen-bond donors (Lipinski definition) is 2. The molecule has 0 unspecified atom stereocenters. The molecule has 0 atom stereocenters. The van der Waals surface area contributed by atoms with Crippen molar-refractivity contribution in [2.75, 3.05) is 10.6 Å². The first-order valence-corrected chi connectivity index (χ1v) is 9.46. The molecular formula is C21H14F2N4OS. The molecule has 144 valence electrons. The highest BCUT2D eigenvalue weighted by molar-refractivity contribution is 7.14. The lowest BCUT2D eigenvalue weighted by Gasteiger charge is -2.07. The Bertz CT molecular complexity index is 1130. The zero-order chi connectivity index (χ0) is 20.2. The van der Waals surface area contributed by atoms with Gasteiger partial charge < -0.3 is 10.6 Å². The highest BCUT2D eigenvalue weighted by Gasteiger charge is 2.17. The number of hydrogen-bond acceptors (Lipinski definition) is 5. The van der Waals surface area contributed by atoms with E-state index in [4.69, 9.17) is 0 Å². The second-order valence-electron chi connectivity index (χ2n) is 6.03. The van der Waals surface area contributed by atoms with Crippen LogP contribution in [-0.2, 0) is 0 Å². The third kappa shape index (κ3) is 4.27. The molecule has 2 heterocycles. The average Bonchev–Trinajstić information content (AvgIpc) is 3.17. The molecule has 0 spiro atoms. The zero-order valence-corrected chi connectivity index (χ0v) is 15.7. The van der Waals surface area contributed by atoms with Gasteiger partial charge in [-0.3, -0.25) is 9.78 Å². The molecule has 5 nitrogen and oxygen atoms in total. The van der Waals surface area contributed by atoms with Gasteiger partial charge in [-0.25, -0.2) is 13.8 Å². The summed E-state index contributed by atoms with van der Waals surface area (Å²) in [4.78, 5) is 20.7. The van der Waals surface area contributed by atoms with Gasteiger partial charge in [0.25, 0.3) is 5.91 Å². The summed E-state index contributed by atoms with van der Waals surface area (Å²) < 4.78 is 27.5. The lowest BCUT2D eigenvalue weighted by atomic mass is 10.1. The molecule has 0 saturated heterocycles. The Kier molecular flexibility index (Phi) is 5.26. The molecule has 0 aliphatic rings. The first-order chi connectivity index (χ1) is 14.1. The minimum Gasteiger partial charge on any atom is -0.330 e. The summed E-state index contributed by atoms with van der Waals surface area (Å²) in [6, 6.07) is 13.9. The van der Waals surface area contributed by atoms with Crippen LogP contribution in [0, 0.1) is 11.6 Å². The topological polar surface area (TPSA) is 66.9 Å². The van der Waals surface area contributed by atoms with Gasteiger partial charge >= 0.3 is 0 Å². The number of aromatic nitrogens is 2. The average molecular weight is 408 g/mol. The van der Waals surface area contributed by atoms with Crippen LogP contribution in [0.3, 0.4) is 0 Å². The van der Waals surface area contributed by atoms with Gasteiger partial charge in [0.2, 0.25) is 0 Å². The van der Waals surface area contributed by atoms with Crippen LogP contribution in [0.25, 0.3) is 11.3 Å². The van der Waals surface area contributed by atoms with Gasteiger partial charge in [-0.05, 0) is 36.4 Å². The maximum atomic E-state index is 13.7.